The molecular formula is C14H11NO3. The monoisotopic (exact) mass is 241 g/mol. The quantitative estimate of drug-likeness (QED) is 0.765. The normalized spacial score (nSPS) is 10.7. The van der Waals surface area contributed by atoms with Crippen LogP contribution in [0.4, 0.5) is 0 Å². The van der Waals surface area contributed by atoms with Crippen LogP contribution >= 0.6 is 0 Å². The van der Waals surface area contributed by atoms with Gasteiger partial charge in [0.05, 0.1) is 6.61 Å². The number of benzene rings is 2. The van der Waals surface area contributed by atoms with E-state index in [-0.39, 0.29) is 12.7 Å². The maximum atomic E-state index is 8.94. The highest BCUT2D eigenvalue weighted by Gasteiger charge is 2.06. The van der Waals surface area contributed by atoms with Crippen LogP contribution in [0.5, 0.6) is 11.8 Å². The predicted molar refractivity (Wildman–Crippen MR) is 66.4 cm³/mol. The first-order valence-corrected chi connectivity index (χ1v) is 5.58. The van der Waals surface area contributed by atoms with Crippen LogP contribution < -0.4 is 4.74 Å². The molecule has 4 nitrogen and oxygen atoms in total. The fourth-order valence-electron chi connectivity index (χ4n) is 1.66. The summed E-state index contributed by atoms with van der Waals surface area (Å²) in [6, 6.07) is 14.6. The van der Waals surface area contributed by atoms with Crippen molar-refractivity contribution in [3.63, 3.8) is 0 Å². The SMILES string of the molecule is OCc1ccc(Oc2nc3ccccc3o2)cc1. The maximum absolute atomic E-state index is 8.94. The number of aliphatic hydroxyl groups excluding tert-OH is 1. The number of oxazole rings is 1. The first-order chi connectivity index (χ1) is 8.85. The van der Waals surface area contributed by atoms with Crippen molar-refractivity contribution in [2.45, 2.75) is 6.61 Å². The third kappa shape index (κ3) is 2.06. The second kappa shape index (κ2) is 4.50. The number of para-hydroxylation sites is 2. The standard InChI is InChI=1S/C14H11NO3/c16-9-10-5-7-11(8-6-10)17-14-15-12-3-1-2-4-13(12)18-14/h1-8,16H,9H2. The second-order valence-electron chi connectivity index (χ2n) is 3.85. The zero-order valence-corrected chi connectivity index (χ0v) is 9.54. The minimum Gasteiger partial charge on any atom is -0.411 e. The number of hydrogen-bond donors (Lipinski definition) is 1. The van der Waals surface area contributed by atoms with Gasteiger partial charge in [-0.3, -0.25) is 0 Å². The van der Waals surface area contributed by atoms with E-state index in [1.807, 2.05) is 24.3 Å². The number of nitrogens with zero attached hydrogens (tertiary/aromatic N) is 1. The molecule has 0 aliphatic rings. The lowest BCUT2D eigenvalue weighted by Crippen LogP contribution is -1.86. The van der Waals surface area contributed by atoms with Gasteiger partial charge in [-0.1, -0.05) is 24.3 Å². The zero-order chi connectivity index (χ0) is 12.4. The molecule has 0 atom stereocenters. The lowest BCUT2D eigenvalue weighted by Gasteiger charge is -2.01. The Morgan fingerprint density at radius 2 is 1.83 bits per heavy atom. The van der Waals surface area contributed by atoms with Crippen LogP contribution in [-0.4, -0.2) is 10.1 Å². The highest BCUT2D eigenvalue weighted by molar-refractivity contribution is 5.72. The number of ether oxygens (including phenoxy) is 1. The van der Waals surface area contributed by atoms with Crippen molar-refractivity contribution >= 4 is 11.1 Å². The molecule has 18 heavy (non-hydrogen) atoms. The molecule has 1 N–H and O–H groups in total. The van der Waals surface area contributed by atoms with Crippen molar-refractivity contribution < 1.29 is 14.3 Å². The molecule has 3 aromatic rings. The average Bonchev–Trinajstić information content (AvgIpc) is 2.82. The van der Waals surface area contributed by atoms with Gasteiger partial charge in [0.15, 0.2) is 5.58 Å². The van der Waals surface area contributed by atoms with Gasteiger partial charge in [-0.25, -0.2) is 0 Å². The molecule has 1 heterocycles. The number of aromatic nitrogens is 1. The largest absolute Gasteiger partial charge is 0.411 e. The fraction of sp³-hybridized carbons (Fsp3) is 0.0714. The third-order valence-corrected chi connectivity index (χ3v) is 2.59. The first kappa shape index (κ1) is 10.8. The van der Waals surface area contributed by atoms with E-state index in [0.717, 1.165) is 11.1 Å². The minimum absolute atomic E-state index is 0.0170. The van der Waals surface area contributed by atoms with Crippen LogP contribution in [-0.2, 0) is 6.61 Å². The van der Waals surface area contributed by atoms with Gasteiger partial charge >= 0.3 is 6.08 Å². The second-order valence-corrected chi connectivity index (χ2v) is 3.85. The van der Waals surface area contributed by atoms with E-state index in [4.69, 9.17) is 14.3 Å². The van der Waals surface area contributed by atoms with Crippen molar-refractivity contribution in [2.24, 2.45) is 0 Å². The highest BCUT2D eigenvalue weighted by atomic mass is 16.6. The minimum atomic E-state index is 0.0170. The summed E-state index contributed by atoms with van der Waals surface area (Å²) in [4.78, 5) is 4.21. The van der Waals surface area contributed by atoms with Gasteiger partial charge in [0.1, 0.15) is 11.3 Å². The maximum Gasteiger partial charge on any atom is 0.400 e. The molecule has 0 aliphatic carbocycles. The fourth-order valence-corrected chi connectivity index (χ4v) is 1.66. The van der Waals surface area contributed by atoms with Crippen LogP contribution in [0.1, 0.15) is 5.56 Å². The molecule has 1 aromatic heterocycles. The molecule has 90 valence electrons. The summed E-state index contributed by atoms with van der Waals surface area (Å²) < 4.78 is 10.9. The summed E-state index contributed by atoms with van der Waals surface area (Å²) in [5.41, 5.74) is 2.29. The molecule has 0 unspecified atom stereocenters. The van der Waals surface area contributed by atoms with E-state index in [9.17, 15) is 0 Å². The van der Waals surface area contributed by atoms with Crippen molar-refractivity contribution in [1.29, 1.82) is 0 Å². The number of fused-ring (bicyclic) bond motifs is 1. The van der Waals surface area contributed by atoms with Gasteiger partial charge < -0.3 is 14.3 Å². The molecular weight excluding hydrogens is 230 g/mol. The third-order valence-electron chi connectivity index (χ3n) is 2.59. The van der Waals surface area contributed by atoms with Crippen LogP contribution in [0.15, 0.2) is 52.9 Å². The van der Waals surface area contributed by atoms with Gasteiger partial charge in [0, 0.05) is 0 Å². The Morgan fingerprint density at radius 3 is 2.56 bits per heavy atom. The van der Waals surface area contributed by atoms with Gasteiger partial charge in [-0.2, -0.15) is 4.98 Å². The summed E-state index contributed by atoms with van der Waals surface area (Å²) in [6.45, 7) is 0.0170. The van der Waals surface area contributed by atoms with E-state index < -0.39 is 0 Å². The van der Waals surface area contributed by atoms with Crippen molar-refractivity contribution in [1.82, 2.24) is 4.98 Å². The lowest BCUT2D eigenvalue weighted by atomic mass is 10.2. The Labute approximate surface area is 103 Å². The van der Waals surface area contributed by atoms with Gasteiger partial charge in [-0.15, -0.1) is 0 Å². The Hall–Kier alpha value is -2.33. The molecule has 0 fully saturated rings. The van der Waals surface area contributed by atoms with Crippen molar-refractivity contribution in [3.05, 3.63) is 54.1 Å². The number of rotatable bonds is 3. The summed E-state index contributed by atoms with van der Waals surface area (Å²) in [5.74, 6) is 0.624. The van der Waals surface area contributed by atoms with Crippen LogP contribution in [0, 0.1) is 0 Å². The number of hydrogen-bond acceptors (Lipinski definition) is 4. The molecule has 0 bridgehead atoms. The molecule has 0 radical (unpaired) electrons. The van der Waals surface area contributed by atoms with E-state index in [0.29, 0.717) is 11.3 Å². The molecule has 4 heteroatoms. The Bertz CT molecular complexity index is 625. The van der Waals surface area contributed by atoms with E-state index in [1.54, 1.807) is 24.3 Å². The Kier molecular flexibility index (Phi) is 2.70. The molecule has 0 spiro atoms. The summed E-state index contributed by atoms with van der Waals surface area (Å²) in [5, 5.41) is 8.94. The lowest BCUT2D eigenvalue weighted by molar-refractivity contribution is 0.281. The summed E-state index contributed by atoms with van der Waals surface area (Å²) in [6.07, 6.45) is 0.216. The Morgan fingerprint density at radius 1 is 1.06 bits per heavy atom. The van der Waals surface area contributed by atoms with E-state index in [1.165, 1.54) is 0 Å². The summed E-state index contributed by atoms with van der Waals surface area (Å²) >= 11 is 0. The molecule has 0 saturated heterocycles. The molecule has 2 aromatic carbocycles. The molecule has 0 saturated carbocycles. The van der Waals surface area contributed by atoms with Gasteiger partial charge in [0.25, 0.3) is 0 Å². The molecule has 3 rings (SSSR count). The smallest absolute Gasteiger partial charge is 0.400 e. The van der Waals surface area contributed by atoms with Gasteiger partial charge in [0.2, 0.25) is 0 Å². The zero-order valence-electron chi connectivity index (χ0n) is 9.54. The molecule has 0 amide bonds. The average molecular weight is 241 g/mol. The van der Waals surface area contributed by atoms with E-state index in [2.05, 4.69) is 4.98 Å². The molecule has 0 aliphatic heterocycles. The van der Waals surface area contributed by atoms with Crippen LogP contribution in [0.25, 0.3) is 11.1 Å². The topological polar surface area (TPSA) is 55.5 Å². The highest BCUT2D eigenvalue weighted by Crippen LogP contribution is 2.25. The van der Waals surface area contributed by atoms with Crippen molar-refractivity contribution in [3.8, 4) is 11.8 Å². The Balaban J connectivity index is 1.86. The van der Waals surface area contributed by atoms with Crippen LogP contribution in [0.2, 0.25) is 0 Å². The predicted octanol–water partition coefficient (Wildman–Crippen LogP) is 3.11. The summed E-state index contributed by atoms with van der Waals surface area (Å²) in [7, 11) is 0. The van der Waals surface area contributed by atoms with E-state index >= 15 is 0 Å². The first-order valence-electron chi connectivity index (χ1n) is 5.58. The number of aliphatic hydroxyl groups is 1. The van der Waals surface area contributed by atoms with Crippen molar-refractivity contribution in [2.75, 3.05) is 0 Å². The van der Waals surface area contributed by atoms with Crippen LogP contribution in [0.3, 0.4) is 0 Å². The van der Waals surface area contributed by atoms with Gasteiger partial charge in [-0.05, 0) is 29.8 Å².